The van der Waals surface area contributed by atoms with Gasteiger partial charge in [-0.25, -0.2) is 0 Å². The third kappa shape index (κ3) is 2.21. The Kier molecular flexibility index (Phi) is 2.83. The van der Waals surface area contributed by atoms with Crippen LogP contribution in [0.1, 0.15) is 26.2 Å². The van der Waals surface area contributed by atoms with Crippen LogP contribution in [0.2, 0.25) is 0 Å². The van der Waals surface area contributed by atoms with Crippen LogP contribution in [0, 0.1) is 5.92 Å². The molecule has 0 aromatic heterocycles. The molecule has 3 nitrogen and oxygen atoms in total. The Balaban J connectivity index is 1.79. The van der Waals surface area contributed by atoms with Gasteiger partial charge in [-0.1, -0.05) is 0 Å². The third-order valence-electron chi connectivity index (χ3n) is 2.94. The molecule has 0 bridgehead atoms. The van der Waals surface area contributed by atoms with Gasteiger partial charge >= 0.3 is 0 Å². The Morgan fingerprint density at radius 1 is 1.62 bits per heavy atom. The lowest BCUT2D eigenvalue weighted by atomic mass is 10.0. The van der Waals surface area contributed by atoms with Crippen LogP contribution < -0.4 is 5.32 Å². The van der Waals surface area contributed by atoms with Crippen LogP contribution in [0.15, 0.2) is 4.99 Å². The molecular formula is C10H18N2O. The summed E-state index contributed by atoms with van der Waals surface area (Å²) in [5, 5.41) is 3.49. The molecule has 0 radical (unpaired) electrons. The standard InChI is InChI=1S/C10H18N2O/c1-8(9-4-6-13-7-9)12-10-3-2-5-11-10/h8-9H,2-7H2,1H3,(H,11,12). The van der Waals surface area contributed by atoms with Gasteiger partial charge in [-0.15, -0.1) is 0 Å². The molecule has 1 fully saturated rings. The molecule has 1 N–H and O–H groups in total. The molecule has 0 aliphatic carbocycles. The fourth-order valence-corrected chi connectivity index (χ4v) is 1.99. The normalized spacial score (nSPS) is 30.2. The summed E-state index contributed by atoms with van der Waals surface area (Å²) in [5.41, 5.74) is 0. The summed E-state index contributed by atoms with van der Waals surface area (Å²) in [6.07, 6.45) is 3.55. The van der Waals surface area contributed by atoms with E-state index in [1.165, 1.54) is 18.7 Å². The van der Waals surface area contributed by atoms with Gasteiger partial charge in [-0.2, -0.15) is 0 Å². The first kappa shape index (κ1) is 9.00. The van der Waals surface area contributed by atoms with Gasteiger partial charge < -0.3 is 10.1 Å². The minimum absolute atomic E-state index is 0.527. The van der Waals surface area contributed by atoms with Gasteiger partial charge in [0.25, 0.3) is 0 Å². The summed E-state index contributed by atoms with van der Waals surface area (Å²) in [7, 11) is 0. The molecule has 2 atom stereocenters. The van der Waals surface area contributed by atoms with Gasteiger partial charge in [0.15, 0.2) is 0 Å². The van der Waals surface area contributed by atoms with Crippen LogP contribution in [-0.4, -0.2) is 31.6 Å². The zero-order valence-electron chi connectivity index (χ0n) is 8.25. The maximum atomic E-state index is 5.36. The second kappa shape index (κ2) is 4.09. The zero-order valence-corrected chi connectivity index (χ0v) is 8.25. The second-order valence-electron chi connectivity index (χ2n) is 3.99. The predicted molar refractivity (Wildman–Crippen MR) is 53.1 cm³/mol. The smallest absolute Gasteiger partial charge is 0.0965 e. The maximum Gasteiger partial charge on any atom is 0.0965 e. The van der Waals surface area contributed by atoms with Gasteiger partial charge in [0.05, 0.1) is 12.4 Å². The van der Waals surface area contributed by atoms with Crippen molar-refractivity contribution in [2.24, 2.45) is 10.9 Å². The minimum atomic E-state index is 0.527. The summed E-state index contributed by atoms with van der Waals surface area (Å²) in [4.78, 5) is 4.41. The summed E-state index contributed by atoms with van der Waals surface area (Å²) in [6.45, 7) is 5.10. The minimum Gasteiger partial charge on any atom is -0.381 e. The lowest BCUT2D eigenvalue weighted by Crippen LogP contribution is -2.37. The van der Waals surface area contributed by atoms with Gasteiger partial charge in [0, 0.05) is 31.5 Å². The molecule has 1 saturated heterocycles. The van der Waals surface area contributed by atoms with Crippen LogP contribution in [0.3, 0.4) is 0 Å². The van der Waals surface area contributed by atoms with Gasteiger partial charge in [0.2, 0.25) is 0 Å². The monoisotopic (exact) mass is 182 g/mol. The molecular weight excluding hydrogens is 164 g/mol. The van der Waals surface area contributed by atoms with Crippen molar-refractivity contribution in [1.82, 2.24) is 5.32 Å². The molecule has 13 heavy (non-hydrogen) atoms. The lowest BCUT2D eigenvalue weighted by molar-refractivity contribution is 0.180. The summed E-state index contributed by atoms with van der Waals surface area (Å²) in [5.74, 6) is 1.89. The SMILES string of the molecule is CC(NC1=NCCC1)C1CCOC1. The van der Waals surface area contributed by atoms with Crippen molar-refractivity contribution in [3.05, 3.63) is 0 Å². The fourth-order valence-electron chi connectivity index (χ4n) is 1.99. The molecule has 2 aliphatic rings. The van der Waals surface area contributed by atoms with Crippen molar-refractivity contribution in [3.8, 4) is 0 Å². The largest absolute Gasteiger partial charge is 0.381 e. The number of amidine groups is 1. The number of aliphatic imine (C=N–C) groups is 1. The highest BCUT2D eigenvalue weighted by Crippen LogP contribution is 2.17. The number of hydrogen-bond donors (Lipinski definition) is 1. The number of rotatable bonds is 2. The number of nitrogens with one attached hydrogen (secondary N) is 1. The highest BCUT2D eigenvalue weighted by Gasteiger charge is 2.23. The number of nitrogens with zero attached hydrogens (tertiary/aromatic N) is 1. The Hall–Kier alpha value is -0.570. The highest BCUT2D eigenvalue weighted by atomic mass is 16.5. The lowest BCUT2D eigenvalue weighted by Gasteiger charge is -2.20. The summed E-state index contributed by atoms with van der Waals surface area (Å²) in [6, 6.07) is 0.527. The van der Waals surface area contributed by atoms with Crippen molar-refractivity contribution < 1.29 is 4.74 Å². The predicted octanol–water partition coefficient (Wildman–Crippen LogP) is 1.19. The first-order valence-corrected chi connectivity index (χ1v) is 5.24. The van der Waals surface area contributed by atoms with Crippen LogP contribution in [0.25, 0.3) is 0 Å². The molecule has 0 saturated carbocycles. The quantitative estimate of drug-likeness (QED) is 0.696. The first-order valence-electron chi connectivity index (χ1n) is 5.24. The van der Waals surface area contributed by atoms with Crippen LogP contribution in [0.5, 0.6) is 0 Å². The summed E-state index contributed by atoms with van der Waals surface area (Å²) >= 11 is 0. The van der Waals surface area contributed by atoms with E-state index < -0.39 is 0 Å². The van der Waals surface area contributed by atoms with E-state index in [-0.39, 0.29) is 0 Å². The fraction of sp³-hybridized carbons (Fsp3) is 0.900. The molecule has 74 valence electrons. The Morgan fingerprint density at radius 3 is 3.15 bits per heavy atom. The molecule has 2 heterocycles. The Labute approximate surface area is 79.6 Å². The number of ether oxygens (including phenoxy) is 1. The average molecular weight is 182 g/mol. The summed E-state index contributed by atoms with van der Waals surface area (Å²) < 4.78 is 5.36. The maximum absolute atomic E-state index is 5.36. The van der Waals surface area contributed by atoms with Gasteiger partial charge in [0.1, 0.15) is 0 Å². The van der Waals surface area contributed by atoms with E-state index in [9.17, 15) is 0 Å². The molecule has 3 heteroatoms. The molecule has 0 amide bonds. The van der Waals surface area contributed by atoms with Crippen molar-refractivity contribution in [1.29, 1.82) is 0 Å². The Morgan fingerprint density at radius 2 is 2.54 bits per heavy atom. The van der Waals surface area contributed by atoms with Crippen LogP contribution in [-0.2, 0) is 4.74 Å². The van der Waals surface area contributed by atoms with E-state index in [4.69, 9.17) is 4.74 Å². The third-order valence-corrected chi connectivity index (χ3v) is 2.94. The van der Waals surface area contributed by atoms with E-state index in [2.05, 4.69) is 17.2 Å². The van der Waals surface area contributed by atoms with Crippen molar-refractivity contribution in [2.45, 2.75) is 32.2 Å². The van der Waals surface area contributed by atoms with E-state index >= 15 is 0 Å². The topological polar surface area (TPSA) is 33.6 Å². The van der Waals surface area contributed by atoms with Crippen molar-refractivity contribution in [3.63, 3.8) is 0 Å². The van der Waals surface area contributed by atoms with Gasteiger partial charge in [-0.05, 0) is 19.8 Å². The van der Waals surface area contributed by atoms with Crippen LogP contribution >= 0.6 is 0 Å². The zero-order chi connectivity index (χ0) is 9.10. The average Bonchev–Trinajstić information content (AvgIpc) is 2.74. The van der Waals surface area contributed by atoms with E-state index in [1.807, 2.05) is 0 Å². The van der Waals surface area contributed by atoms with Crippen molar-refractivity contribution in [2.75, 3.05) is 19.8 Å². The molecule has 0 aromatic carbocycles. The highest BCUT2D eigenvalue weighted by molar-refractivity contribution is 5.83. The van der Waals surface area contributed by atoms with E-state index in [1.54, 1.807) is 0 Å². The Bertz CT molecular complexity index is 197. The molecule has 0 spiro atoms. The van der Waals surface area contributed by atoms with E-state index in [0.29, 0.717) is 12.0 Å². The molecule has 0 aromatic rings. The second-order valence-corrected chi connectivity index (χ2v) is 3.99. The van der Waals surface area contributed by atoms with Crippen LogP contribution in [0.4, 0.5) is 0 Å². The molecule has 2 aliphatic heterocycles. The number of hydrogen-bond acceptors (Lipinski definition) is 3. The molecule has 2 rings (SSSR count). The van der Waals surface area contributed by atoms with Crippen molar-refractivity contribution >= 4 is 5.84 Å². The van der Waals surface area contributed by atoms with Gasteiger partial charge in [-0.3, -0.25) is 4.99 Å². The van der Waals surface area contributed by atoms with E-state index in [0.717, 1.165) is 26.2 Å². The molecule has 2 unspecified atom stereocenters. The first-order chi connectivity index (χ1) is 6.36.